The van der Waals surface area contributed by atoms with Gasteiger partial charge in [0.05, 0.1) is 19.8 Å². The number of benzene rings is 2. The smallest absolute Gasteiger partial charge is 0.239 e. The first-order chi connectivity index (χ1) is 18.9. The highest BCUT2D eigenvalue weighted by atomic mass is 16.8. The molecular weight excluding hydrogens is 540 g/mol. The quantitative estimate of drug-likeness (QED) is 0.155. The van der Waals surface area contributed by atoms with Crippen LogP contribution in [0.1, 0.15) is 0 Å². The number of phenols is 4. The van der Waals surface area contributed by atoms with Gasteiger partial charge in [-0.25, -0.2) is 0 Å². The Balaban J connectivity index is 1.59. The SMILES string of the molecule is O=c1c(O[C@@H]2OC[C@H](O)[C@H](O)[C@H]2O[C@@H]2OC[C@](O)(CO)[C@H]2O)c(-c2ccc(O)c(O)c2)oc2cc(O)cc(O)c12. The van der Waals surface area contributed by atoms with Crippen LogP contribution in [-0.4, -0.2) is 108 Å². The van der Waals surface area contributed by atoms with Gasteiger partial charge in [-0.2, -0.15) is 0 Å². The van der Waals surface area contributed by atoms with E-state index in [0.29, 0.717) is 0 Å². The molecule has 2 fully saturated rings. The molecule has 0 aliphatic carbocycles. The summed E-state index contributed by atoms with van der Waals surface area (Å²) in [5, 5.41) is 90.5. The van der Waals surface area contributed by atoms with E-state index >= 15 is 0 Å². The van der Waals surface area contributed by atoms with Gasteiger partial charge in [-0.1, -0.05) is 0 Å². The van der Waals surface area contributed by atoms with Gasteiger partial charge in [-0.05, 0) is 18.2 Å². The average Bonchev–Trinajstić information content (AvgIpc) is 3.19. The van der Waals surface area contributed by atoms with Crippen LogP contribution >= 0.6 is 0 Å². The third kappa shape index (κ3) is 4.78. The lowest BCUT2D eigenvalue weighted by Gasteiger charge is -2.39. The van der Waals surface area contributed by atoms with Crippen molar-refractivity contribution in [3.63, 3.8) is 0 Å². The Labute approximate surface area is 223 Å². The van der Waals surface area contributed by atoms with Crippen LogP contribution < -0.4 is 10.2 Å². The molecule has 2 saturated heterocycles. The summed E-state index contributed by atoms with van der Waals surface area (Å²) in [6, 6.07) is 5.35. The maximum atomic E-state index is 13.6. The summed E-state index contributed by atoms with van der Waals surface area (Å²) in [5.41, 5.74) is -3.31. The molecule has 7 atom stereocenters. The van der Waals surface area contributed by atoms with E-state index < -0.39 is 102 Å². The molecular formula is C25H26O15. The molecule has 1 aromatic heterocycles. The number of hydrogen-bond acceptors (Lipinski definition) is 15. The first-order valence-corrected chi connectivity index (χ1v) is 11.9. The molecule has 0 amide bonds. The molecule has 0 saturated carbocycles. The molecule has 0 spiro atoms. The van der Waals surface area contributed by atoms with E-state index in [-0.39, 0.29) is 16.9 Å². The van der Waals surface area contributed by atoms with Crippen LogP contribution in [0.2, 0.25) is 0 Å². The Bertz CT molecular complexity index is 1470. The molecule has 40 heavy (non-hydrogen) atoms. The van der Waals surface area contributed by atoms with Crippen molar-refractivity contribution >= 4 is 11.0 Å². The summed E-state index contributed by atoms with van der Waals surface area (Å²) >= 11 is 0. The van der Waals surface area contributed by atoms with Gasteiger partial charge in [-0.15, -0.1) is 0 Å². The fraction of sp³-hybridized carbons (Fsp3) is 0.400. The molecule has 2 aromatic carbocycles. The maximum Gasteiger partial charge on any atom is 0.239 e. The molecule has 3 heterocycles. The van der Waals surface area contributed by atoms with Crippen molar-refractivity contribution in [2.24, 2.45) is 0 Å². The fourth-order valence-corrected chi connectivity index (χ4v) is 4.42. The van der Waals surface area contributed by atoms with E-state index in [1.54, 1.807) is 0 Å². The molecule has 0 radical (unpaired) electrons. The summed E-state index contributed by atoms with van der Waals surface area (Å²) in [6.45, 7) is -1.89. The predicted octanol–water partition coefficient (Wildman–Crippen LogP) is -1.43. The first kappa shape index (κ1) is 27.9. The van der Waals surface area contributed by atoms with Crippen LogP contribution in [0, 0.1) is 0 Å². The summed E-state index contributed by atoms with van der Waals surface area (Å²) in [5.74, 6) is -3.13. The lowest BCUT2D eigenvalue weighted by Crippen LogP contribution is -2.58. The average molecular weight is 566 g/mol. The second-order valence-electron chi connectivity index (χ2n) is 9.50. The van der Waals surface area contributed by atoms with E-state index in [1.165, 1.54) is 6.07 Å². The van der Waals surface area contributed by atoms with Crippen molar-refractivity contribution in [2.75, 3.05) is 19.8 Å². The van der Waals surface area contributed by atoms with Gasteiger partial charge >= 0.3 is 0 Å². The number of ether oxygens (including phenoxy) is 4. The largest absolute Gasteiger partial charge is 0.508 e. The molecule has 15 nitrogen and oxygen atoms in total. The Hall–Kier alpha value is -3.67. The lowest BCUT2D eigenvalue weighted by molar-refractivity contribution is -0.298. The molecule has 9 N–H and O–H groups in total. The zero-order chi connectivity index (χ0) is 28.9. The predicted molar refractivity (Wildman–Crippen MR) is 130 cm³/mol. The highest BCUT2D eigenvalue weighted by molar-refractivity contribution is 5.88. The molecule has 5 rings (SSSR count). The van der Waals surface area contributed by atoms with Crippen molar-refractivity contribution < 1.29 is 69.3 Å². The third-order valence-corrected chi connectivity index (χ3v) is 6.69. The summed E-state index contributed by atoms with van der Waals surface area (Å²) < 4.78 is 27.8. The molecule has 2 aliphatic heterocycles. The van der Waals surface area contributed by atoms with Gasteiger partial charge in [0.15, 0.2) is 29.7 Å². The maximum absolute atomic E-state index is 13.6. The number of phenolic OH excluding ortho intramolecular Hbond substituents is 4. The van der Waals surface area contributed by atoms with Crippen LogP contribution in [0.3, 0.4) is 0 Å². The first-order valence-electron chi connectivity index (χ1n) is 11.9. The van der Waals surface area contributed by atoms with Crippen molar-refractivity contribution in [3.05, 3.63) is 40.6 Å². The Morgan fingerprint density at radius 3 is 2.38 bits per heavy atom. The molecule has 0 bridgehead atoms. The van der Waals surface area contributed by atoms with Crippen LogP contribution in [0.15, 0.2) is 39.5 Å². The van der Waals surface area contributed by atoms with Gasteiger partial charge in [0.2, 0.25) is 17.5 Å². The second kappa shape index (κ2) is 10.4. The molecule has 3 aromatic rings. The van der Waals surface area contributed by atoms with E-state index in [4.69, 9.17) is 23.4 Å². The monoisotopic (exact) mass is 566 g/mol. The Kier molecular flexibility index (Phi) is 7.24. The van der Waals surface area contributed by atoms with Crippen molar-refractivity contribution in [1.82, 2.24) is 0 Å². The highest BCUT2D eigenvalue weighted by Gasteiger charge is 2.52. The van der Waals surface area contributed by atoms with Crippen LogP contribution in [0.4, 0.5) is 0 Å². The van der Waals surface area contributed by atoms with Gasteiger partial charge in [0, 0.05) is 17.7 Å². The zero-order valence-electron chi connectivity index (χ0n) is 20.4. The molecule has 15 heteroatoms. The Morgan fingerprint density at radius 2 is 1.70 bits per heavy atom. The number of rotatable bonds is 6. The van der Waals surface area contributed by atoms with Crippen molar-refractivity contribution in [1.29, 1.82) is 0 Å². The number of aliphatic hydroxyl groups is 5. The number of fused-ring (bicyclic) bond motifs is 1. The number of hydrogen-bond donors (Lipinski definition) is 9. The molecule has 0 unspecified atom stereocenters. The zero-order valence-corrected chi connectivity index (χ0v) is 20.4. The van der Waals surface area contributed by atoms with Gasteiger partial charge in [0.25, 0.3) is 0 Å². The van der Waals surface area contributed by atoms with Crippen molar-refractivity contribution in [2.45, 2.75) is 42.6 Å². The van der Waals surface area contributed by atoms with E-state index in [9.17, 15) is 50.8 Å². The lowest BCUT2D eigenvalue weighted by atomic mass is 10.0. The number of aliphatic hydroxyl groups excluding tert-OH is 4. The van der Waals surface area contributed by atoms with Crippen molar-refractivity contribution in [3.8, 4) is 40.1 Å². The van der Waals surface area contributed by atoms with Gasteiger partial charge in [0.1, 0.15) is 46.4 Å². The fourth-order valence-electron chi connectivity index (χ4n) is 4.42. The normalized spacial score (nSPS) is 30.5. The van der Waals surface area contributed by atoms with Gasteiger partial charge < -0.3 is 69.3 Å². The van der Waals surface area contributed by atoms with Gasteiger partial charge in [-0.3, -0.25) is 4.79 Å². The standard InChI is InChI=1S/C25H26O15/c26-7-25(35)8-37-24(22(25)34)40-21-17(32)14(31)6-36-23(21)39-20-18(33)16-13(30)4-10(27)5-15(16)38-19(20)9-1-2-11(28)12(29)3-9/h1-5,14,17,21-24,26-32,34-35H,6-8H2/t14-,17-,21+,22-,23-,24-,25+/m0/s1. The van der Waals surface area contributed by atoms with Crippen LogP contribution in [0.5, 0.6) is 28.7 Å². The van der Waals surface area contributed by atoms with Crippen LogP contribution in [-0.2, 0) is 14.2 Å². The summed E-state index contributed by atoms with van der Waals surface area (Å²) in [4.78, 5) is 13.6. The van der Waals surface area contributed by atoms with Crippen LogP contribution in [0.25, 0.3) is 22.3 Å². The minimum Gasteiger partial charge on any atom is -0.508 e. The second-order valence-corrected chi connectivity index (χ2v) is 9.50. The summed E-state index contributed by atoms with van der Waals surface area (Å²) in [7, 11) is 0. The van der Waals surface area contributed by atoms with E-state index in [1.807, 2.05) is 0 Å². The Morgan fingerprint density at radius 1 is 0.950 bits per heavy atom. The minimum absolute atomic E-state index is 0.00329. The van der Waals surface area contributed by atoms with E-state index in [2.05, 4.69) is 0 Å². The number of aromatic hydroxyl groups is 4. The topological polar surface area (TPSA) is 249 Å². The minimum atomic E-state index is -2.07. The third-order valence-electron chi connectivity index (χ3n) is 6.69. The highest BCUT2D eigenvalue weighted by Crippen LogP contribution is 2.39. The summed E-state index contributed by atoms with van der Waals surface area (Å²) in [6.07, 6.45) is -9.99. The molecule has 2 aliphatic rings. The van der Waals surface area contributed by atoms with E-state index in [0.717, 1.165) is 24.3 Å². The molecule has 216 valence electrons.